The third-order valence-corrected chi connectivity index (χ3v) is 4.68. The van der Waals surface area contributed by atoms with Gasteiger partial charge in [-0.3, -0.25) is 20.2 Å². The number of carbonyl (C=O) groups is 2. The Bertz CT molecular complexity index is 1330. The van der Waals surface area contributed by atoms with Crippen LogP contribution in [-0.2, 0) is 0 Å². The second kappa shape index (κ2) is 8.95. The molecule has 1 aromatic heterocycles. The van der Waals surface area contributed by atoms with Crippen LogP contribution < -0.4 is 10.6 Å². The van der Waals surface area contributed by atoms with Crippen molar-refractivity contribution in [3.63, 3.8) is 0 Å². The molecule has 2 amide bonds. The van der Waals surface area contributed by atoms with E-state index in [2.05, 4.69) is 20.7 Å². The molecule has 33 heavy (non-hydrogen) atoms. The maximum atomic E-state index is 14.0. The molecule has 7 nitrogen and oxygen atoms in total. The first kappa shape index (κ1) is 21.8. The lowest BCUT2D eigenvalue weighted by molar-refractivity contribution is 0.101. The molecule has 0 saturated carbocycles. The number of hydrogen-bond donors (Lipinski definition) is 2. The van der Waals surface area contributed by atoms with E-state index in [9.17, 15) is 22.8 Å². The van der Waals surface area contributed by atoms with Gasteiger partial charge in [0.2, 0.25) is 5.95 Å². The molecule has 0 spiro atoms. The molecular formula is C23H16F3N5O2. The summed E-state index contributed by atoms with van der Waals surface area (Å²) in [6, 6.07) is 16.3. The Morgan fingerprint density at radius 3 is 2.15 bits per heavy atom. The molecule has 10 heteroatoms. The van der Waals surface area contributed by atoms with Gasteiger partial charge in [-0.1, -0.05) is 36.4 Å². The van der Waals surface area contributed by atoms with Crippen LogP contribution in [0.5, 0.6) is 0 Å². The van der Waals surface area contributed by atoms with Crippen LogP contribution >= 0.6 is 0 Å². The van der Waals surface area contributed by atoms with Gasteiger partial charge in [0.25, 0.3) is 17.8 Å². The lowest BCUT2D eigenvalue weighted by Crippen LogP contribution is -2.17. The highest BCUT2D eigenvalue weighted by atomic mass is 19.1. The Morgan fingerprint density at radius 1 is 0.848 bits per heavy atom. The maximum absolute atomic E-state index is 14.0. The minimum absolute atomic E-state index is 0.0372. The van der Waals surface area contributed by atoms with Gasteiger partial charge in [0.15, 0.2) is 0 Å². The smallest absolute Gasteiger partial charge is 0.264 e. The van der Waals surface area contributed by atoms with E-state index in [1.807, 2.05) is 0 Å². The molecule has 0 atom stereocenters. The van der Waals surface area contributed by atoms with Crippen LogP contribution in [0.15, 0.2) is 66.7 Å². The largest absolute Gasteiger partial charge is 0.290 e. The number of aromatic nitrogens is 3. The van der Waals surface area contributed by atoms with Crippen molar-refractivity contribution in [1.29, 1.82) is 0 Å². The summed E-state index contributed by atoms with van der Waals surface area (Å²) in [6.07, 6.45) is 0. The molecule has 1 heterocycles. The van der Waals surface area contributed by atoms with Crippen molar-refractivity contribution in [1.82, 2.24) is 14.8 Å². The maximum Gasteiger partial charge on any atom is 0.264 e. The molecule has 3 aromatic carbocycles. The summed E-state index contributed by atoms with van der Waals surface area (Å²) in [4.78, 5) is 29.3. The van der Waals surface area contributed by atoms with Crippen LogP contribution in [0, 0.1) is 24.4 Å². The third kappa shape index (κ3) is 4.59. The highest BCUT2D eigenvalue weighted by Gasteiger charge is 2.22. The van der Waals surface area contributed by atoms with Gasteiger partial charge in [-0.2, -0.15) is 9.67 Å². The molecule has 0 unspecified atom stereocenters. The lowest BCUT2D eigenvalue weighted by atomic mass is 10.1. The molecular weight excluding hydrogens is 435 g/mol. The predicted molar refractivity (Wildman–Crippen MR) is 115 cm³/mol. The lowest BCUT2D eigenvalue weighted by Gasteiger charge is -2.08. The first-order valence-electron chi connectivity index (χ1n) is 9.69. The summed E-state index contributed by atoms with van der Waals surface area (Å²) in [5.41, 5.74) is 0.653. The Balaban J connectivity index is 1.68. The summed E-state index contributed by atoms with van der Waals surface area (Å²) in [5.74, 6) is -5.95. The summed E-state index contributed by atoms with van der Waals surface area (Å²) in [7, 11) is 0. The van der Waals surface area contributed by atoms with E-state index >= 15 is 0 Å². The van der Waals surface area contributed by atoms with Gasteiger partial charge in [0.05, 0.1) is 5.69 Å². The molecule has 0 aliphatic carbocycles. The van der Waals surface area contributed by atoms with Gasteiger partial charge < -0.3 is 0 Å². The number of halogens is 3. The zero-order valence-corrected chi connectivity index (χ0v) is 17.1. The summed E-state index contributed by atoms with van der Waals surface area (Å²) in [6.45, 7) is 1.77. The average molecular weight is 451 g/mol. The number of anilines is 2. The minimum Gasteiger partial charge on any atom is -0.290 e. The number of benzene rings is 3. The summed E-state index contributed by atoms with van der Waals surface area (Å²) >= 11 is 0. The molecule has 0 radical (unpaired) electrons. The van der Waals surface area contributed by atoms with Gasteiger partial charge in [-0.25, -0.2) is 13.2 Å². The quantitative estimate of drug-likeness (QED) is 0.468. The van der Waals surface area contributed by atoms with Crippen molar-refractivity contribution < 1.29 is 22.8 Å². The third-order valence-electron chi connectivity index (χ3n) is 4.68. The molecule has 166 valence electrons. The second-order valence-corrected chi connectivity index (χ2v) is 6.97. The molecule has 4 rings (SSSR count). The second-order valence-electron chi connectivity index (χ2n) is 6.97. The highest BCUT2D eigenvalue weighted by Crippen LogP contribution is 2.20. The zero-order valence-electron chi connectivity index (χ0n) is 17.1. The fraction of sp³-hybridized carbons (Fsp3) is 0.0435. The van der Waals surface area contributed by atoms with Gasteiger partial charge in [-0.05, 0) is 30.7 Å². The fourth-order valence-corrected chi connectivity index (χ4v) is 3.11. The van der Waals surface area contributed by atoms with Crippen molar-refractivity contribution in [2.45, 2.75) is 6.92 Å². The van der Waals surface area contributed by atoms with E-state index in [0.29, 0.717) is 23.4 Å². The van der Waals surface area contributed by atoms with Crippen LogP contribution in [0.25, 0.3) is 5.69 Å². The summed E-state index contributed by atoms with van der Waals surface area (Å²) < 4.78 is 42.3. The first-order valence-corrected chi connectivity index (χ1v) is 9.69. The molecule has 0 bridgehead atoms. The predicted octanol–water partition coefficient (Wildman–Crippen LogP) is 4.50. The molecule has 0 aliphatic heterocycles. The van der Waals surface area contributed by atoms with E-state index in [4.69, 9.17) is 0 Å². The number of carbonyl (C=O) groups excluding carboxylic acids is 2. The topological polar surface area (TPSA) is 88.9 Å². The number of amides is 2. The average Bonchev–Trinajstić information content (AvgIpc) is 3.15. The van der Waals surface area contributed by atoms with E-state index in [1.54, 1.807) is 61.5 Å². The fourth-order valence-electron chi connectivity index (χ4n) is 3.11. The van der Waals surface area contributed by atoms with Crippen LogP contribution in [0.2, 0.25) is 0 Å². The van der Waals surface area contributed by atoms with E-state index in [1.165, 1.54) is 4.68 Å². The number of nitrogens with zero attached hydrogens (tertiary/aromatic N) is 3. The van der Waals surface area contributed by atoms with Crippen molar-refractivity contribution in [2.24, 2.45) is 0 Å². The van der Waals surface area contributed by atoms with Gasteiger partial charge in [0, 0.05) is 17.7 Å². The minimum atomic E-state index is -1.37. The van der Waals surface area contributed by atoms with Gasteiger partial charge >= 0.3 is 0 Å². The molecule has 0 fully saturated rings. The van der Waals surface area contributed by atoms with Crippen molar-refractivity contribution in [2.75, 3.05) is 10.6 Å². The number of nitrogens with one attached hydrogen (secondary N) is 2. The Kier molecular flexibility index (Phi) is 5.90. The number of rotatable bonds is 5. The van der Waals surface area contributed by atoms with Crippen LogP contribution in [0.1, 0.15) is 26.3 Å². The van der Waals surface area contributed by atoms with E-state index < -0.39 is 34.8 Å². The van der Waals surface area contributed by atoms with Crippen molar-refractivity contribution in [3.05, 3.63) is 101 Å². The van der Waals surface area contributed by atoms with Gasteiger partial charge in [0.1, 0.15) is 23.0 Å². The number of para-hydroxylation sites is 1. The SMILES string of the molecule is Cc1ccccc1C(=O)Nc1nc(NC(=O)c2c(F)cc(F)cc2F)nn1-c1ccccc1. The molecule has 0 aliphatic rings. The molecule has 4 aromatic rings. The normalized spacial score (nSPS) is 10.7. The van der Waals surface area contributed by atoms with E-state index in [0.717, 1.165) is 5.56 Å². The van der Waals surface area contributed by atoms with E-state index in [-0.39, 0.29) is 11.9 Å². The van der Waals surface area contributed by atoms with Crippen molar-refractivity contribution >= 4 is 23.7 Å². The molecule has 0 saturated heterocycles. The van der Waals surface area contributed by atoms with Gasteiger partial charge in [-0.15, -0.1) is 5.10 Å². The number of aryl methyl sites for hydroxylation is 1. The Labute approximate surface area is 185 Å². The highest BCUT2D eigenvalue weighted by molar-refractivity contribution is 6.05. The molecule has 2 N–H and O–H groups in total. The Morgan fingerprint density at radius 2 is 1.48 bits per heavy atom. The standard InChI is InChI=1S/C23H16F3N5O2/c1-13-7-5-6-10-16(13)20(32)28-23-29-22(30-31(23)15-8-3-2-4-9-15)27-21(33)19-17(25)11-14(24)12-18(19)26/h2-12H,1H3,(H2,27,28,29,30,32,33). The van der Waals surface area contributed by atoms with Crippen LogP contribution in [-0.4, -0.2) is 26.6 Å². The van der Waals surface area contributed by atoms with Crippen molar-refractivity contribution in [3.8, 4) is 5.69 Å². The number of hydrogen-bond acceptors (Lipinski definition) is 4. The summed E-state index contributed by atoms with van der Waals surface area (Å²) in [5, 5.41) is 8.94. The van der Waals surface area contributed by atoms with Crippen LogP contribution in [0.4, 0.5) is 25.1 Å². The first-order chi connectivity index (χ1) is 15.8. The Hall–Kier alpha value is -4.47. The van der Waals surface area contributed by atoms with Crippen LogP contribution in [0.3, 0.4) is 0 Å². The monoisotopic (exact) mass is 451 g/mol. The zero-order chi connectivity index (χ0) is 23.5.